The third kappa shape index (κ3) is 22.6. The highest BCUT2D eigenvalue weighted by molar-refractivity contribution is 5.90. The number of carboxylic acids is 1. The summed E-state index contributed by atoms with van der Waals surface area (Å²) in [5.41, 5.74) is 0. The summed E-state index contributed by atoms with van der Waals surface area (Å²) >= 11 is 0. The number of rotatable bonds is 20. The van der Waals surface area contributed by atoms with Crippen LogP contribution in [0.15, 0.2) is 12.2 Å². The van der Waals surface area contributed by atoms with Gasteiger partial charge in [0.15, 0.2) is 0 Å². The van der Waals surface area contributed by atoms with E-state index in [1.165, 1.54) is 83.5 Å². The smallest absolute Gasteiger partial charge is 0.331 e. The molecule has 0 aromatic carbocycles. The predicted octanol–water partition coefficient (Wildman–Crippen LogP) is 5.40. The van der Waals surface area contributed by atoms with Gasteiger partial charge in [0.2, 0.25) is 0 Å². The van der Waals surface area contributed by atoms with Crippen molar-refractivity contribution in [3.63, 3.8) is 0 Å². The predicted molar refractivity (Wildman–Crippen MR) is 109 cm³/mol. The van der Waals surface area contributed by atoms with Crippen molar-refractivity contribution in [1.29, 1.82) is 0 Å². The molecule has 5 heteroatoms. The Labute approximate surface area is 165 Å². The first-order chi connectivity index (χ1) is 13.2. The van der Waals surface area contributed by atoms with Crippen molar-refractivity contribution in [2.45, 2.75) is 103 Å². The van der Waals surface area contributed by atoms with Gasteiger partial charge >= 0.3 is 11.9 Å². The minimum Gasteiger partial charge on any atom is -0.478 e. The molecule has 27 heavy (non-hydrogen) atoms. The molecule has 0 unspecified atom stereocenters. The highest BCUT2D eigenvalue weighted by Gasteiger charge is 1.98. The highest BCUT2D eigenvalue weighted by atomic mass is 16.5. The molecule has 0 aromatic rings. The Morgan fingerprint density at radius 3 is 1.33 bits per heavy atom. The molecular formula is C22H40O5. The third-order valence-electron chi connectivity index (χ3n) is 4.66. The van der Waals surface area contributed by atoms with E-state index in [0.29, 0.717) is 13.2 Å². The van der Waals surface area contributed by atoms with E-state index in [4.69, 9.17) is 14.9 Å². The van der Waals surface area contributed by atoms with Crippen LogP contribution in [-0.4, -0.2) is 35.4 Å². The normalized spacial score (nSPS) is 11.1. The van der Waals surface area contributed by atoms with E-state index in [9.17, 15) is 9.59 Å². The van der Waals surface area contributed by atoms with Crippen LogP contribution >= 0.6 is 0 Å². The van der Waals surface area contributed by atoms with Crippen molar-refractivity contribution in [3.8, 4) is 0 Å². The topological polar surface area (TPSA) is 83.8 Å². The summed E-state index contributed by atoms with van der Waals surface area (Å²) in [6.07, 6.45) is 21.5. The van der Waals surface area contributed by atoms with Gasteiger partial charge in [0.1, 0.15) is 0 Å². The number of carboxylic acid groups (broad SMARTS) is 1. The molecular weight excluding hydrogens is 344 g/mol. The number of carbonyl (C=O) groups excluding carboxylic acids is 1. The van der Waals surface area contributed by atoms with Gasteiger partial charge in [0, 0.05) is 18.8 Å². The Morgan fingerprint density at radius 2 is 0.963 bits per heavy atom. The molecule has 158 valence electrons. The lowest BCUT2D eigenvalue weighted by molar-refractivity contribution is -0.138. The van der Waals surface area contributed by atoms with Crippen molar-refractivity contribution < 1.29 is 24.5 Å². The van der Waals surface area contributed by atoms with Crippen LogP contribution in [0.2, 0.25) is 0 Å². The van der Waals surface area contributed by atoms with Crippen molar-refractivity contribution >= 4 is 11.9 Å². The van der Waals surface area contributed by atoms with Crippen molar-refractivity contribution in [2.24, 2.45) is 0 Å². The SMILES string of the molecule is O=C(O)/C=C\C(=O)OCCCCCCCCCCCCCCCCCCO. The first-order valence-corrected chi connectivity index (χ1v) is 10.9. The number of ether oxygens (including phenoxy) is 1. The van der Waals surface area contributed by atoms with Gasteiger partial charge in [-0.1, -0.05) is 89.9 Å². The fourth-order valence-corrected chi connectivity index (χ4v) is 3.05. The van der Waals surface area contributed by atoms with Gasteiger partial charge in [-0.05, 0) is 12.8 Å². The van der Waals surface area contributed by atoms with E-state index < -0.39 is 11.9 Å². The second-order valence-electron chi connectivity index (χ2n) is 7.22. The van der Waals surface area contributed by atoms with Gasteiger partial charge in [0.05, 0.1) is 6.61 Å². The Bertz CT molecular complexity index is 379. The van der Waals surface area contributed by atoms with Crippen LogP contribution in [0.5, 0.6) is 0 Å². The minimum absolute atomic E-state index is 0.337. The average molecular weight is 385 g/mol. The molecule has 0 heterocycles. The van der Waals surface area contributed by atoms with Crippen molar-refractivity contribution in [2.75, 3.05) is 13.2 Å². The number of aliphatic hydroxyl groups is 1. The van der Waals surface area contributed by atoms with E-state index in [1.807, 2.05) is 0 Å². The molecule has 0 aliphatic heterocycles. The Morgan fingerprint density at radius 1 is 0.593 bits per heavy atom. The van der Waals surface area contributed by atoms with Gasteiger partial charge in [-0.3, -0.25) is 0 Å². The maximum atomic E-state index is 11.1. The van der Waals surface area contributed by atoms with Gasteiger partial charge in [0.25, 0.3) is 0 Å². The highest BCUT2D eigenvalue weighted by Crippen LogP contribution is 2.13. The van der Waals surface area contributed by atoms with Gasteiger partial charge < -0.3 is 14.9 Å². The number of aliphatic carboxylic acids is 1. The molecule has 0 rings (SSSR count). The minimum atomic E-state index is -1.14. The summed E-state index contributed by atoms with van der Waals surface area (Å²) in [7, 11) is 0. The van der Waals surface area contributed by atoms with Gasteiger partial charge in [-0.2, -0.15) is 0 Å². The summed E-state index contributed by atoms with van der Waals surface area (Å²) in [4.78, 5) is 21.4. The lowest BCUT2D eigenvalue weighted by atomic mass is 10.0. The van der Waals surface area contributed by atoms with Gasteiger partial charge in [-0.25, -0.2) is 9.59 Å². The number of hydrogen-bond donors (Lipinski definition) is 2. The summed E-state index contributed by atoms with van der Waals surface area (Å²) in [5, 5.41) is 17.1. The molecule has 2 N–H and O–H groups in total. The number of aliphatic hydroxyl groups excluding tert-OH is 1. The fourth-order valence-electron chi connectivity index (χ4n) is 3.05. The molecule has 0 aromatic heterocycles. The molecule has 0 aliphatic rings. The first kappa shape index (κ1) is 25.6. The number of hydrogen-bond acceptors (Lipinski definition) is 4. The maximum absolute atomic E-state index is 11.1. The second-order valence-corrected chi connectivity index (χ2v) is 7.22. The van der Waals surface area contributed by atoms with Gasteiger partial charge in [-0.15, -0.1) is 0 Å². The van der Waals surface area contributed by atoms with Crippen LogP contribution in [0.3, 0.4) is 0 Å². The quantitative estimate of drug-likeness (QED) is 0.167. The molecule has 5 nitrogen and oxygen atoms in total. The summed E-state index contributed by atoms with van der Waals surface area (Å²) < 4.78 is 4.92. The van der Waals surface area contributed by atoms with E-state index in [0.717, 1.165) is 31.4 Å². The molecule has 0 saturated heterocycles. The zero-order chi connectivity index (χ0) is 20.0. The zero-order valence-electron chi connectivity index (χ0n) is 17.0. The van der Waals surface area contributed by atoms with Crippen molar-refractivity contribution in [1.82, 2.24) is 0 Å². The van der Waals surface area contributed by atoms with E-state index >= 15 is 0 Å². The monoisotopic (exact) mass is 384 g/mol. The molecule has 0 radical (unpaired) electrons. The molecule has 0 bridgehead atoms. The molecule has 0 amide bonds. The molecule has 0 aliphatic carbocycles. The Balaban J connectivity index is 3.13. The summed E-state index contributed by atoms with van der Waals surface area (Å²) in [6, 6.07) is 0. The summed E-state index contributed by atoms with van der Waals surface area (Å²) in [5.74, 6) is -1.73. The second kappa shape index (κ2) is 20.9. The largest absolute Gasteiger partial charge is 0.478 e. The maximum Gasteiger partial charge on any atom is 0.331 e. The summed E-state index contributed by atoms with van der Waals surface area (Å²) in [6.45, 7) is 0.702. The number of esters is 1. The Kier molecular flexibility index (Phi) is 19.9. The number of unbranched alkanes of at least 4 members (excludes halogenated alkanes) is 15. The zero-order valence-corrected chi connectivity index (χ0v) is 17.0. The van der Waals surface area contributed by atoms with Crippen LogP contribution < -0.4 is 0 Å². The van der Waals surface area contributed by atoms with Crippen LogP contribution in [0.25, 0.3) is 0 Å². The lowest BCUT2D eigenvalue weighted by Gasteiger charge is -2.04. The van der Waals surface area contributed by atoms with Crippen LogP contribution in [0.4, 0.5) is 0 Å². The van der Waals surface area contributed by atoms with E-state index in [-0.39, 0.29) is 0 Å². The lowest BCUT2D eigenvalue weighted by Crippen LogP contribution is -2.03. The Hall–Kier alpha value is -1.36. The standard InChI is InChI=1S/C22H40O5/c23-19-15-13-11-9-7-5-3-1-2-4-6-8-10-12-14-16-20-27-22(26)18-17-21(24)25/h17-18,23H,1-16,19-20H2,(H,24,25)/b18-17-. The van der Waals surface area contributed by atoms with Crippen molar-refractivity contribution in [3.05, 3.63) is 12.2 Å². The third-order valence-corrected chi connectivity index (χ3v) is 4.66. The van der Waals surface area contributed by atoms with E-state index in [2.05, 4.69) is 0 Å². The van der Waals surface area contributed by atoms with Crippen LogP contribution in [0.1, 0.15) is 103 Å². The average Bonchev–Trinajstić information content (AvgIpc) is 2.65. The number of carbonyl (C=O) groups is 2. The molecule has 0 saturated carbocycles. The molecule has 0 spiro atoms. The first-order valence-electron chi connectivity index (χ1n) is 10.9. The molecule has 0 atom stereocenters. The molecule has 0 fully saturated rings. The fraction of sp³-hybridized carbons (Fsp3) is 0.818. The van der Waals surface area contributed by atoms with Crippen LogP contribution in [0, 0.1) is 0 Å². The van der Waals surface area contributed by atoms with Crippen LogP contribution in [-0.2, 0) is 14.3 Å². The van der Waals surface area contributed by atoms with E-state index in [1.54, 1.807) is 0 Å².